The van der Waals surface area contributed by atoms with Gasteiger partial charge in [0.25, 0.3) is 0 Å². The Hall–Kier alpha value is -2.05. The maximum absolute atomic E-state index is 14.6. The highest BCUT2D eigenvalue weighted by molar-refractivity contribution is 5.64. The molecule has 25 heavy (non-hydrogen) atoms. The van der Waals surface area contributed by atoms with Gasteiger partial charge in [0.2, 0.25) is 0 Å². The molecule has 2 aromatic rings. The molecule has 0 unspecified atom stereocenters. The minimum atomic E-state index is -1.33. The van der Waals surface area contributed by atoms with Crippen LogP contribution in [0.2, 0.25) is 0 Å². The van der Waals surface area contributed by atoms with Crippen molar-refractivity contribution in [3.05, 3.63) is 65.0 Å². The van der Waals surface area contributed by atoms with Gasteiger partial charge in [-0.25, -0.2) is 13.2 Å². The Morgan fingerprint density at radius 1 is 1.12 bits per heavy atom. The third-order valence-corrected chi connectivity index (χ3v) is 4.68. The molecule has 3 nitrogen and oxygen atoms in total. The topological polar surface area (TPSA) is 43.7 Å². The maximum atomic E-state index is 14.6. The molecule has 1 heterocycles. The van der Waals surface area contributed by atoms with Crippen LogP contribution in [-0.2, 0) is 5.41 Å². The van der Waals surface area contributed by atoms with Gasteiger partial charge in [0, 0.05) is 18.0 Å². The van der Waals surface area contributed by atoms with Crippen LogP contribution >= 0.6 is 0 Å². The number of rotatable bonds is 4. The molecule has 1 aliphatic rings. The van der Waals surface area contributed by atoms with E-state index in [2.05, 4.69) is 0 Å². The normalized spacial score (nSPS) is 18.1. The summed E-state index contributed by atoms with van der Waals surface area (Å²) in [6, 6.07) is 6.66. The predicted octanol–water partition coefficient (Wildman–Crippen LogP) is 3.30. The molecule has 2 atom stereocenters. The molecule has 0 radical (unpaired) electrons. The Kier molecular flexibility index (Phi) is 4.51. The lowest BCUT2D eigenvalue weighted by Crippen LogP contribution is -2.40. The Balaban J connectivity index is 2.16. The van der Waals surface area contributed by atoms with E-state index in [4.69, 9.17) is 0 Å². The van der Waals surface area contributed by atoms with Gasteiger partial charge < -0.3 is 15.1 Å². The van der Waals surface area contributed by atoms with Gasteiger partial charge >= 0.3 is 0 Å². The number of para-hydroxylation sites is 1. The molecular weight excluding hydrogens is 331 g/mol. The lowest BCUT2D eigenvalue weighted by molar-refractivity contribution is 0.0707. The molecule has 0 aromatic heterocycles. The summed E-state index contributed by atoms with van der Waals surface area (Å²) in [4.78, 5) is 1.58. The standard InChI is InChI=1S/C19H20F3NO2/c1-19(2)10-23(18-14(19)4-3-5-15(18)22)17(16(25)9-24)11-6-12(20)8-13(21)7-11/h3-8,16-17,24-25H,9-10H2,1-2H3/t16-,17+/m1/s1. The van der Waals surface area contributed by atoms with Gasteiger partial charge in [0.1, 0.15) is 23.6 Å². The zero-order valence-electron chi connectivity index (χ0n) is 14.0. The van der Waals surface area contributed by atoms with Crippen molar-refractivity contribution in [2.24, 2.45) is 0 Å². The summed E-state index contributed by atoms with van der Waals surface area (Å²) in [6.07, 6.45) is -1.33. The molecule has 2 N–H and O–H groups in total. The molecule has 6 heteroatoms. The fourth-order valence-electron chi connectivity index (χ4n) is 3.64. The first-order chi connectivity index (χ1) is 11.7. The number of anilines is 1. The summed E-state index contributed by atoms with van der Waals surface area (Å²) in [7, 11) is 0. The second-order valence-corrected chi connectivity index (χ2v) is 7.05. The second kappa shape index (κ2) is 6.35. The highest BCUT2D eigenvalue weighted by Crippen LogP contribution is 2.46. The average Bonchev–Trinajstić information content (AvgIpc) is 2.79. The van der Waals surface area contributed by atoms with Crippen molar-refractivity contribution < 1.29 is 23.4 Å². The predicted molar refractivity (Wildman–Crippen MR) is 89.0 cm³/mol. The number of nitrogens with zero attached hydrogens (tertiary/aromatic N) is 1. The molecule has 0 bridgehead atoms. The zero-order valence-corrected chi connectivity index (χ0v) is 14.0. The van der Waals surface area contributed by atoms with Crippen molar-refractivity contribution >= 4 is 5.69 Å². The molecule has 0 fully saturated rings. The number of aliphatic hydroxyl groups is 2. The van der Waals surface area contributed by atoms with Crippen molar-refractivity contribution in [1.82, 2.24) is 0 Å². The second-order valence-electron chi connectivity index (χ2n) is 7.05. The summed E-state index contributed by atoms with van der Waals surface area (Å²) in [5.41, 5.74) is 0.761. The van der Waals surface area contributed by atoms with Crippen LogP contribution in [0.15, 0.2) is 36.4 Å². The minimum absolute atomic E-state index is 0.144. The van der Waals surface area contributed by atoms with Gasteiger partial charge in [0.15, 0.2) is 0 Å². The molecule has 2 aromatic carbocycles. The molecule has 0 saturated heterocycles. The summed E-state index contributed by atoms with van der Waals surface area (Å²) in [5, 5.41) is 19.8. The van der Waals surface area contributed by atoms with E-state index in [0.29, 0.717) is 6.54 Å². The molecular formula is C19H20F3NO2. The summed E-state index contributed by atoms with van der Waals surface area (Å²) < 4.78 is 41.9. The fourth-order valence-corrected chi connectivity index (χ4v) is 3.64. The fraction of sp³-hybridized carbons (Fsp3) is 0.368. The van der Waals surface area contributed by atoms with Crippen LogP contribution < -0.4 is 4.90 Å². The van der Waals surface area contributed by atoms with Crippen molar-refractivity contribution in [3.8, 4) is 0 Å². The molecule has 0 saturated carbocycles. The third kappa shape index (κ3) is 3.12. The average molecular weight is 351 g/mol. The Bertz CT molecular complexity index is 774. The van der Waals surface area contributed by atoms with Gasteiger partial charge in [-0.1, -0.05) is 26.0 Å². The number of halogens is 3. The van der Waals surface area contributed by atoms with Gasteiger partial charge in [-0.05, 0) is 29.3 Å². The number of hydrogen-bond donors (Lipinski definition) is 2. The van der Waals surface area contributed by atoms with E-state index in [9.17, 15) is 23.4 Å². The maximum Gasteiger partial charge on any atom is 0.146 e. The van der Waals surface area contributed by atoms with Crippen molar-refractivity contribution in [1.29, 1.82) is 0 Å². The van der Waals surface area contributed by atoms with Crippen LogP contribution in [0.3, 0.4) is 0 Å². The van der Waals surface area contributed by atoms with E-state index in [1.165, 1.54) is 6.07 Å². The van der Waals surface area contributed by atoms with Crippen molar-refractivity contribution in [2.45, 2.75) is 31.4 Å². The van der Waals surface area contributed by atoms with Crippen molar-refractivity contribution in [2.75, 3.05) is 18.1 Å². The zero-order chi connectivity index (χ0) is 18.4. The molecule has 0 amide bonds. The Morgan fingerprint density at radius 3 is 2.36 bits per heavy atom. The number of benzene rings is 2. The molecule has 0 aliphatic carbocycles. The largest absolute Gasteiger partial charge is 0.394 e. The van der Waals surface area contributed by atoms with Crippen molar-refractivity contribution in [3.63, 3.8) is 0 Å². The van der Waals surface area contributed by atoms with Crippen LogP contribution in [0, 0.1) is 17.5 Å². The summed E-state index contributed by atoms with van der Waals surface area (Å²) in [5.74, 6) is -2.07. The van der Waals surface area contributed by atoms with Crippen LogP contribution in [0.4, 0.5) is 18.9 Å². The number of fused-ring (bicyclic) bond motifs is 1. The van der Waals surface area contributed by atoms with E-state index < -0.39 is 41.6 Å². The third-order valence-electron chi connectivity index (χ3n) is 4.68. The van der Waals surface area contributed by atoms with Crippen LogP contribution in [0.5, 0.6) is 0 Å². The molecule has 3 rings (SSSR count). The van der Waals surface area contributed by atoms with Gasteiger partial charge in [-0.3, -0.25) is 0 Å². The van der Waals surface area contributed by atoms with E-state index in [0.717, 1.165) is 23.8 Å². The quantitative estimate of drug-likeness (QED) is 0.888. The van der Waals surface area contributed by atoms with Crippen LogP contribution in [-0.4, -0.2) is 29.5 Å². The molecule has 1 aliphatic heterocycles. The van der Waals surface area contributed by atoms with E-state index in [1.54, 1.807) is 17.0 Å². The first kappa shape index (κ1) is 17.8. The smallest absolute Gasteiger partial charge is 0.146 e. The van der Waals surface area contributed by atoms with E-state index in [1.807, 2.05) is 13.8 Å². The van der Waals surface area contributed by atoms with Crippen LogP contribution in [0.25, 0.3) is 0 Å². The highest BCUT2D eigenvalue weighted by Gasteiger charge is 2.42. The summed E-state index contributed by atoms with van der Waals surface area (Å²) >= 11 is 0. The first-order valence-electron chi connectivity index (χ1n) is 8.05. The lowest BCUT2D eigenvalue weighted by Gasteiger charge is -2.35. The SMILES string of the molecule is CC1(C)CN([C@@H](c2cc(F)cc(F)c2)[C@H](O)CO)c2c(F)cccc21. The summed E-state index contributed by atoms with van der Waals surface area (Å²) in [6.45, 7) is 3.58. The van der Waals surface area contributed by atoms with Gasteiger partial charge in [-0.15, -0.1) is 0 Å². The van der Waals surface area contributed by atoms with Gasteiger partial charge in [-0.2, -0.15) is 0 Å². The Labute approximate surface area is 144 Å². The highest BCUT2D eigenvalue weighted by atomic mass is 19.1. The Morgan fingerprint density at radius 2 is 1.76 bits per heavy atom. The number of hydrogen-bond acceptors (Lipinski definition) is 3. The molecule has 134 valence electrons. The van der Waals surface area contributed by atoms with E-state index >= 15 is 0 Å². The van der Waals surface area contributed by atoms with E-state index in [-0.39, 0.29) is 11.3 Å². The number of aliphatic hydroxyl groups excluding tert-OH is 2. The lowest BCUT2D eigenvalue weighted by atomic mass is 9.87. The minimum Gasteiger partial charge on any atom is -0.394 e. The monoisotopic (exact) mass is 351 g/mol. The first-order valence-corrected chi connectivity index (χ1v) is 8.05. The van der Waals surface area contributed by atoms with Gasteiger partial charge in [0.05, 0.1) is 18.3 Å². The van der Waals surface area contributed by atoms with Crippen LogP contribution in [0.1, 0.15) is 31.0 Å². The molecule has 0 spiro atoms.